The smallest absolute Gasteiger partial charge is 0.282 e. The Labute approximate surface area is 168 Å². The van der Waals surface area contributed by atoms with Crippen molar-refractivity contribution in [3.05, 3.63) is 69.8 Å². The molecule has 1 aliphatic heterocycles. The summed E-state index contributed by atoms with van der Waals surface area (Å²) in [6.45, 7) is 2.27. The van der Waals surface area contributed by atoms with Crippen LogP contribution in [0, 0.1) is 6.92 Å². The van der Waals surface area contributed by atoms with E-state index >= 15 is 0 Å². The molecule has 27 heavy (non-hydrogen) atoms. The van der Waals surface area contributed by atoms with Crippen LogP contribution >= 0.6 is 23.2 Å². The lowest BCUT2D eigenvalue weighted by molar-refractivity contribution is -0.114. The molecule has 3 rings (SSSR count). The molecule has 2 aromatic carbocycles. The molecule has 2 aromatic rings. The highest BCUT2D eigenvalue weighted by Crippen LogP contribution is 2.29. The maximum absolute atomic E-state index is 12.9. The van der Waals surface area contributed by atoms with E-state index in [-0.39, 0.29) is 5.91 Å². The molecule has 0 aliphatic carbocycles. The van der Waals surface area contributed by atoms with E-state index in [4.69, 9.17) is 23.2 Å². The molecule has 0 saturated heterocycles. The quantitative estimate of drug-likeness (QED) is 0.745. The van der Waals surface area contributed by atoms with Gasteiger partial charge in [-0.1, -0.05) is 41.4 Å². The number of benzene rings is 2. The minimum atomic E-state index is -0.162. The number of hydrogen-bond acceptors (Lipinski definition) is 4. The molecule has 0 unspecified atom stereocenters. The summed E-state index contributed by atoms with van der Waals surface area (Å²) in [7, 11) is 3.74. The molecule has 0 fully saturated rings. The van der Waals surface area contributed by atoms with Crippen LogP contribution in [0.5, 0.6) is 0 Å². The third-order valence-electron chi connectivity index (χ3n) is 4.04. The average molecular weight is 403 g/mol. The van der Waals surface area contributed by atoms with Gasteiger partial charge in [-0.3, -0.25) is 4.79 Å². The van der Waals surface area contributed by atoms with E-state index < -0.39 is 0 Å². The zero-order valence-corrected chi connectivity index (χ0v) is 16.8. The Morgan fingerprint density at radius 2 is 1.85 bits per heavy atom. The highest BCUT2D eigenvalue weighted by molar-refractivity contribution is 6.37. The van der Waals surface area contributed by atoms with Crippen molar-refractivity contribution in [3.8, 4) is 0 Å². The maximum atomic E-state index is 12.9. The van der Waals surface area contributed by atoms with E-state index in [0.717, 1.165) is 16.9 Å². The van der Waals surface area contributed by atoms with Crippen molar-refractivity contribution in [3.63, 3.8) is 0 Å². The van der Waals surface area contributed by atoms with E-state index in [1.54, 1.807) is 12.3 Å². The molecule has 1 N–H and O–H groups in total. The number of nitrogens with one attached hydrogen (secondary N) is 1. The monoisotopic (exact) mass is 402 g/mol. The van der Waals surface area contributed by atoms with E-state index in [1.807, 2.05) is 62.3 Å². The molecule has 1 heterocycles. The number of halogens is 2. The summed E-state index contributed by atoms with van der Waals surface area (Å²) in [5.41, 5.74) is 3.57. The van der Waals surface area contributed by atoms with E-state index in [9.17, 15) is 4.79 Å². The molecule has 7 heteroatoms. The normalized spacial score (nSPS) is 15.3. The fraction of sp³-hybridized carbons (Fsp3) is 0.200. The zero-order chi connectivity index (χ0) is 19.6. The molecule has 1 aliphatic rings. The summed E-state index contributed by atoms with van der Waals surface area (Å²) in [6, 6.07) is 12.9. The SMILES string of the molecule is Cc1cc(NCC2=NN(c3ccccc3)C(=O)/C2=C\N(C)C)c(Cl)cc1Cl. The number of anilines is 2. The first kappa shape index (κ1) is 19.3. The molecule has 0 atom stereocenters. The van der Waals surface area contributed by atoms with Crippen LogP contribution in [0.3, 0.4) is 0 Å². The second-order valence-electron chi connectivity index (χ2n) is 6.44. The Kier molecular flexibility index (Phi) is 5.73. The van der Waals surface area contributed by atoms with E-state index in [2.05, 4.69) is 10.4 Å². The predicted octanol–water partition coefficient (Wildman–Crippen LogP) is 4.56. The Morgan fingerprint density at radius 3 is 2.52 bits per heavy atom. The number of amides is 1. The summed E-state index contributed by atoms with van der Waals surface area (Å²) in [4.78, 5) is 14.7. The third-order valence-corrected chi connectivity index (χ3v) is 4.76. The van der Waals surface area contributed by atoms with Gasteiger partial charge < -0.3 is 10.2 Å². The van der Waals surface area contributed by atoms with E-state index in [0.29, 0.717) is 27.9 Å². The van der Waals surface area contributed by atoms with Crippen LogP contribution in [-0.4, -0.2) is 37.2 Å². The molecule has 5 nitrogen and oxygen atoms in total. The van der Waals surface area contributed by atoms with Crippen molar-refractivity contribution in [2.45, 2.75) is 6.92 Å². The Morgan fingerprint density at radius 1 is 1.15 bits per heavy atom. The Balaban J connectivity index is 1.89. The lowest BCUT2D eigenvalue weighted by atomic mass is 10.1. The number of carbonyl (C=O) groups is 1. The summed E-state index contributed by atoms with van der Waals surface area (Å²) in [5.74, 6) is -0.162. The van der Waals surface area contributed by atoms with Crippen molar-refractivity contribution in [1.29, 1.82) is 0 Å². The predicted molar refractivity (Wildman–Crippen MR) is 113 cm³/mol. The summed E-state index contributed by atoms with van der Waals surface area (Å²) >= 11 is 12.4. The molecule has 140 valence electrons. The standard InChI is InChI=1S/C20H20Cl2N4O/c1-13-9-18(17(22)10-16(13)21)23-11-19-15(12-25(2)3)20(27)26(24-19)14-7-5-4-6-8-14/h4-10,12,23H,11H2,1-3H3/b15-12-. The third kappa shape index (κ3) is 4.26. The fourth-order valence-electron chi connectivity index (χ4n) is 2.69. The van der Waals surface area contributed by atoms with Gasteiger partial charge in [0.25, 0.3) is 5.91 Å². The van der Waals surface area contributed by atoms with Gasteiger partial charge >= 0.3 is 0 Å². The van der Waals surface area contributed by atoms with Crippen molar-refractivity contribution in [2.75, 3.05) is 31.0 Å². The zero-order valence-electron chi connectivity index (χ0n) is 15.3. The van der Waals surface area contributed by atoms with Gasteiger partial charge in [-0.15, -0.1) is 0 Å². The number of para-hydroxylation sites is 1. The van der Waals surface area contributed by atoms with Crippen LogP contribution < -0.4 is 10.3 Å². The first-order valence-corrected chi connectivity index (χ1v) is 9.17. The first-order chi connectivity index (χ1) is 12.9. The maximum Gasteiger partial charge on any atom is 0.282 e. The van der Waals surface area contributed by atoms with Crippen molar-refractivity contribution >= 4 is 46.2 Å². The van der Waals surface area contributed by atoms with Gasteiger partial charge in [-0.2, -0.15) is 10.1 Å². The van der Waals surface area contributed by atoms with Gasteiger partial charge in [0.2, 0.25) is 0 Å². The number of hydrazone groups is 1. The molecule has 0 bridgehead atoms. The molecule has 0 aromatic heterocycles. The average Bonchev–Trinajstić information content (AvgIpc) is 2.93. The van der Waals surface area contributed by atoms with Crippen molar-refractivity contribution in [2.24, 2.45) is 5.10 Å². The van der Waals surface area contributed by atoms with Gasteiger partial charge in [0.1, 0.15) is 0 Å². The summed E-state index contributed by atoms with van der Waals surface area (Å²) < 4.78 is 0. The van der Waals surface area contributed by atoms with E-state index in [1.165, 1.54) is 5.01 Å². The lowest BCUT2D eigenvalue weighted by Gasteiger charge is -2.12. The lowest BCUT2D eigenvalue weighted by Crippen LogP contribution is -2.23. The summed E-state index contributed by atoms with van der Waals surface area (Å²) in [6.07, 6.45) is 1.78. The Hall–Kier alpha value is -2.50. The molecule has 0 radical (unpaired) electrons. The minimum absolute atomic E-state index is 0.162. The minimum Gasteiger partial charge on any atom is -0.383 e. The molecular formula is C20H20Cl2N4O. The highest BCUT2D eigenvalue weighted by Gasteiger charge is 2.31. The fourth-order valence-corrected chi connectivity index (χ4v) is 3.14. The van der Waals surface area contributed by atoms with Gasteiger partial charge in [-0.05, 0) is 36.8 Å². The second kappa shape index (κ2) is 8.03. The number of aryl methyl sites for hydroxylation is 1. The van der Waals surface area contributed by atoms with Crippen LogP contribution in [-0.2, 0) is 4.79 Å². The number of carbonyl (C=O) groups excluding carboxylic acids is 1. The van der Waals surface area contributed by atoms with Crippen LogP contribution in [0.4, 0.5) is 11.4 Å². The molecule has 1 amide bonds. The highest BCUT2D eigenvalue weighted by atomic mass is 35.5. The number of hydrogen-bond donors (Lipinski definition) is 1. The topological polar surface area (TPSA) is 47.9 Å². The van der Waals surface area contributed by atoms with Gasteiger partial charge in [0.05, 0.1) is 34.2 Å². The molecule has 0 spiro atoms. The molecular weight excluding hydrogens is 383 g/mol. The van der Waals surface area contributed by atoms with Crippen LogP contribution in [0.25, 0.3) is 0 Å². The first-order valence-electron chi connectivity index (χ1n) is 8.42. The van der Waals surface area contributed by atoms with Crippen LogP contribution in [0.15, 0.2) is 59.3 Å². The summed E-state index contributed by atoms with van der Waals surface area (Å²) in [5, 5.41) is 10.3. The van der Waals surface area contributed by atoms with Gasteiger partial charge in [-0.25, -0.2) is 0 Å². The van der Waals surface area contributed by atoms with Crippen LogP contribution in [0.2, 0.25) is 10.0 Å². The van der Waals surface area contributed by atoms with Gasteiger partial charge in [0.15, 0.2) is 0 Å². The second-order valence-corrected chi connectivity index (χ2v) is 7.25. The van der Waals surface area contributed by atoms with Gasteiger partial charge in [0, 0.05) is 25.3 Å². The Bertz CT molecular complexity index is 923. The largest absolute Gasteiger partial charge is 0.383 e. The number of rotatable bonds is 5. The van der Waals surface area contributed by atoms with Crippen molar-refractivity contribution < 1.29 is 4.79 Å². The molecule has 0 saturated carbocycles. The van der Waals surface area contributed by atoms with Crippen LogP contribution in [0.1, 0.15) is 5.56 Å². The number of nitrogens with zero attached hydrogens (tertiary/aromatic N) is 3. The van der Waals surface area contributed by atoms with Crippen molar-refractivity contribution in [1.82, 2.24) is 4.90 Å².